The molecule has 0 saturated carbocycles. The topological polar surface area (TPSA) is 69.6 Å². The molecule has 2 aromatic rings. The number of aryl methyl sites for hydroxylation is 1. The van der Waals surface area contributed by atoms with Gasteiger partial charge >= 0.3 is 0 Å². The van der Waals surface area contributed by atoms with E-state index in [0.29, 0.717) is 6.54 Å². The van der Waals surface area contributed by atoms with Gasteiger partial charge in [-0.3, -0.25) is 14.6 Å². The molecular weight excluding hydrogens is 190 g/mol. The van der Waals surface area contributed by atoms with Crippen LogP contribution in [-0.4, -0.2) is 26.3 Å². The predicted molar refractivity (Wildman–Crippen MR) is 56.1 cm³/mol. The van der Waals surface area contributed by atoms with Crippen LogP contribution in [-0.2, 0) is 7.05 Å². The van der Waals surface area contributed by atoms with Crippen LogP contribution in [0.5, 0.6) is 0 Å². The summed E-state index contributed by atoms with van der Waals surface area (Å²) in [7, 11) is 1.88. The van der Waals surface area contributed by atoms with Crippen molar-refractivity contribution in [3.8, 4) is 0 Å². The molecule has 1 unspecified atom stereocenters. The van der Waals surface area contributed by atoms with Crippen molar-refractivity contribution in [2.24, 2.45) is 12.8 Å². The van der Waals surface area contributed by atoms with E-state index < -0.39 is 0 Å². The van der Waals surface area contributed by atoms with E-state index in [1.807, 2.05) is 19.4 Å². The molecule has 0 aliphatic rings. The lowest BCUT2D eigenvalue weighted by Gasteiger charge is -2.10. The second kappa shape index (κ2) is 4.18. The summed E-state index contributed by atoms with van der Waals surface area (Å²) >= 11 is 0. The number of hydrogen-bond acceptors (Lipinski definition) is 4. The molecule has 5 nitrogen and oxygen atoms in total. The molecule has 15 heavy (non-hydrogen) atoms. The van der Waals surface area contributed by atoms with Crippen molar-refractivity contribution >= 4 is 0 Å². The van der Waals surface area contributed by atoms with E-state index in [-0.39, 0.29) is 5.92 Å². The lowest BCUT2D eigenvalue weighted by atomic mass is 10.00. The van der Waals surface area contributed by atoms with Crippen LogP contribution in [0.3, 0.4) is 0 Å². The average molecular weight is 203 g/mol. The van der Waals surface area contributed by atoms with Crippen molar-refractivity contribution in [3.05, 3.63) is 42.2 Å². The lowest BCUT2D eigenvalue weighted by Crippen LogP contribution is -2.14. The molecule has 2 aromatic heterocycles. The monoisotopic (exact) mass is 203 g/mol. The maximum Gasteiger partial charge on any atom is 0.0675 e. The number of rotatable bonds is 3. The summed E-state index contributed by atoms with van der Waals surface area (Å²) in [5.74, 6) is 0.0763. The van der Waals surface area contributed by atoms with Crippen LogP contribution in [0.15, 0.2) is 31.0 Å². The Morgan fingerprint density at radius 2 is 2.27 bits per heavy atom. The fraction of sp³-hybridized carbons (Fsp3) is 0.300. The van der Waals surface area contributed by atoms with E-state index in [2.05, 4.69) is 15.1 Å². The van der Waals surface area contributed by atoms with Gasteiger partial charge in [-0.2, -0.15) is 5.10 Å². The van der Waals surface area contributed by atoms with Gasteiger partial charge in [0.2, 0.25) is 0 Å². The molecule has 0 radical (unpaired) electrons. The van der Waals surface area contributed by atoms with Crippen molar-refractivity contribution in [2.75, 3.05) is 6.54 Å². The van der Waals surface area contributed by atoms with Crippen LogP contribution in [0, 0.1) is 0 Å². The van der Waals surface area contributed by atoms with Crippen molar-refractivity contribution in [1.29, 1.82) is 0 Å². The molecular formula is C10H13N5. The van der Waals surface area contributed by atoms with Crippen LogP contribution in [0.4, 0.5) is 0 Å². The molecule has 0 saturated heterocycles. The zero-order chi connectivity index (χ0) is 10.7. The van der Waals surface area contributed by atoms with E-state index in [1.54, 1.807) is 23.3 Å². The molecule has 2 heterocycles. The van der Waals surface area contributed by atoms with E-state index in [9.17, 15) is 0 Å². The van der Waals surface area contributed by atoms with Gasteiger partial charge < -0.3 is 5.73 Å². The Bertz CT molecular complexity index is 422. The minimum absolute atomic E-state index is 0.0763. The number of nitrogens with zero attached hydrogens (tertiary/aromatic N) is 4. The van der Waals surface area contributed by atoms with Crippen molar-refractivity contribution in [1.82, 2.24) is 19.7 Å². The molecule has 78 valence electrons. The van der Waals surface area contributed by atoms with Gasteiger partial charge in [0.15, 0.2) is 0 Å². The molecule has 0 amide bonds. The zero-order valence-electron chi connectivity index (χ0n) is 8.54. The summed E-state index contributed by atoms with van der Waals surface area (Å²) in [4.78, 5) is 8.30. The summed E-state index contributed by atoms with van der Waals surface area (Å²) in [6, 6.07) is 0. The fourth-order valence-corrected chi connectivity index (χ4v) is 1.54. The van der Waals surface area contributed by atoms with Gasteiger partial charge in [0, 0.05) is 49.9 Å². The van der Waals surface area contributed by atoms with Gasteiger partial charge in [-0.05, 0) is 0 Å². The molecule has 0 bridgehead atoms. The minimum atomic E-state index is 0.0763. The first-order valence-electron chi connectivity index (χ1n) is 4.76. The third-order valence-corrected chi connectivity index (χ3v) is 2.30. The normalized spacial score (nSPS) is 12.7. The molecule has 2 N–H and O–H groups in total. The Labute approximate surface area is 88.0 Å². The first-order valence-corrected chi connectivity index (χ1v) is 4.76. The second-order valence-corrected chi connectivity index (χ2v) is 3.37. The van der Waals surface area contributed by atoms with E-state index in [1.165, 1.54) is 0 Å². The zero-order valence-corrected chi connectivity index (χ0v) is 8.54. The third-order valence-electron chi connectivity index (χ3n) is 2.30. The van der Waals surface area contributed by atoms with Crippen LogP contribution < -0.4 is 5.73 Å². The fourth-order valence-electron chi connectivity index (χ4n) is 1.54. The molecule has 0 aliphatic carbocycles. The van der Waals surface area contributed by atoms with Crippen LogP contribution >= 0.6 is 0 Å². The first-order chi connectivity index (χ1) is 7.31. The predicted octanol–water partition coefficient (Wildman–Crippen LogP) is 0.301. The quantitative estimate of drug-likeness (QED) is 0.779. The highest BCUT2D eigenvalue weighted by Crippen LogP contribution is 2.19. The lowest BCUT2D eigenvalue weighted by molar-refractivity contribution is 0.757. The SMILES string of the molecule is Cn1cc(C(CN)c2cnccn2)cn1. The summed E-state index contributed by atoms with van der Waals surface area (Å²) in [6.45, 7) is 0.504. The summed E-state index contributed by atoms with van der Waals surface area (Å²) in [5.41, 5.74) is 7.69. The van der Waals surface area contributed by atoms with Gasteiger partial charge in [-0.25, -0.2) is 0 Å². The number of nitrogens with two attached hydrogens (primary N) is 1. The molecule has 1 atom stereocenters. The largest absolute Gasteiger partial charge is 0.329 e. The molecule has 0 fully saturated rings. The van der Waals surface area contributed by atoms with Crippen molar-refractivity contribution in [3.63, 3.8) is 0 Å². The standard InChI is InChI=1S/C10H13N5/c1-15-7-8(5-14-15)9(4-11)10-6-12-2-3-13-10/h2-3,5-7,9H,4,11H2,1H3. The van der Waals surface area contributed by atoms with Crippen LogP contribution in [0.1, 0.15) is 17.2 Å². The third kappa shape index (κ3) is 2.02. The highest BCUT2D eigenvalue weighted by Gasteiger charge is 2.15. The van der Waals surface area contributed by atoms with Gasteiger partial charge in [0.1, 0.15) is 0 Å². The first kappa shape index (κ1) is 9.79. The maximum absolute atomic E-state index is 5.74. The van der Waals surface area contributed by atoms with Crippen molar-refractivity contribution in [2.45, 2.75) is 5.92 Å². The molecule has 0 aliphatic heterocycles. The van der Waals surface area contributed by atoms with E-state index >= 15 is 0 Å². The van der Waals surface area contributed by atoms with Gasteiger partial charge in [0.25, 0.3) is 0 Å². The Kier molecular flexibility index (Phi) is 2.73. The number of aromatic nitrogens is 4. The summed E-state index contributed by atoms with van der Waals surface area (Å²) in [5, 5.41) is 4.12. The Morgan fingerprint density at radius 1 is 1.40 bits per heavy atom. The highest BCUT2D eigenvalue weighted by atomic mass is 15.2. The summed E-state index contributed by atoms with van der Waals surface area (Å²) < 4.78 is 1.76. The minimum Gasteiger partial charge on any atom is -0.329 e. The smallest absolute Gasteiger partial charge is 0.0675 e. The highest BCUT2D eigenvalue weighted by molar-refractivity contribution is 5.23. The summed E-state index contributed by atoms with van der Waals surface area (Å²) in [6.07, 6.45) is 8.83. The Morgan fingerprint density at radius 3 is 2.80 bits per heavy atom. The van der Waals surface area contributed by atoms with Gasteiger partial charge in [-0.15, -0.1) is 0 Å². The Hall–Kier alpha value is -1.75. The van der Waals surface area contributed by atoms with Gasteiger partial charge in [-0.1, -0.05) is 0 Å². The van der Waals surface area contributed by atoms with Crippen LogP contribution in [0.2, 0.25) is 0 Å². The molecule has 0 aromatic carbocycles. The van der Waals surface area contributed by atoms with Gasteiger partial charge in [0.05, 0.1) is 11.9 Å². The van der Waals surface area contributed by atoms with E-state index in [0.717, 1.165) is 11.3 Å². The number of hydrogen-bond donors (Lipinski definition) is 1. The second-order valence-electron chi connectivity index (χ2n) is 3.37. The van der Waals surface area contributed by atoms with Crippen LogP contribution in [0.25, 0.3) is 0 Å². The molecule has 2 rings (SSSR count). The van der Waals surface area contributed by atoms with E-state index in [4.69, 9.17) is 5.73 Å². The molecule has 0 spiro atoms. The Balaban J connectivity index is 2.33. The average Bonchev–Trinajstić information content (AvgIpc) is 2.68. The maximum atomic E-state index is 5.74. The molecule has 5 heteroatoms. The van der Waals surface area contributed by atoms with Crippen molar-refractivity contribution < 1.29 is 0 Å².